The zero-order valence-electron chi connectivity index (χ0n) is 12.4. The third kappa shape index (κ3) is 5.38. The minimum absolute atomic E-state index is 0.824. The van der Waals surface area contributed by atoms with Crippen LogP contribution in [-0.2, 0) is 0 Å². The fourth-order valence-corrected chi connectivity index (χ4v) is 3.55. The normalized spacial score (nSPS) is 23.9. The zero-order chi connectivity index (χ0) is 13.3. The summed E-state index contributed by atoms with van der Waals surface area (Å²) in [5.74, 6) is 1.68. The molecule has 0 radical (unpaired) electrons. The van der Waals surface area contributed by atoms with Gasteiger partial charge in [-0.15, -0.1) is 0 Å². The molecule has 2 aliphatic rings. The number of rotatable bonds is 5. The van der Waals surface area contributed by atoms with Gasteiger partial charge in [0, 0.05) is 0 Å². The van der Waals surface area contributed by atoms with Crippen molar-refractivity contribution in [3.63, 3.8) is 0 Å². The van der Waals surface area contributed by atoms with Gasteiger partial charge in [-0.25, -0.2) is 0 Å². The van der Waals surface area contributed by atoms with Crippen molar-refractivity contribution in [1.29, 1.82) is 0 Å². The Bertz CT molecular complexity index is 309. The molecule has 19 heavy (non-hydrogen) atoms. The highest BCUT2D eigenvalue weighted by molar-refractivity contribution is 5.20. The SMILES string of the molecule is C=C/C(=C\C1CCCCC1)C/C=C\C1CCCCC1. The Morgan fingerprint density at radius 3 is 2.00 bits per heavy atom. The van der Waals surface area contributed by atoms with Crippen LogP contribution in [0.2, 0.25) is 0 Å². The minimum atomic E-state index is 0.824. The largest absolute Gasteiger partial charge is 0.0988 e. The van der Waals surface area contributed by atoms with E-state index in [1.807, 2.05) is 0 Å². The molecule has 0 aliphatic heterocycles. The highest BCUT2D eigenvalue weighted by Gasteiger charge is 2.11. The van der Waals surface area contributed by atoms with Gasteiger partial charge in [0.15, 0.2) is 0 Å². The van der Waals surface area contributed by atoms with Crippen LogP contribution in [0.25, 0.3) is 0 Å². The molecule has 0 aromatic rings. The van der Waals surface area contributed by atoms with E-state index in [4.69, 9.17) is 0 Å². The van der Waals surface area contributed by atoms with Crippen molar-refractivity contribution in [2.24, 2.45) is 11.8 Å². The van der Waals surface area contributed by atoms with E-state index in [9.17, 15) is 0 Å². The van der Waals surface area contributed by atoms with Crippen LogP contribution in [0, 0.1) is 11.8 Å². The lowest BCUT2D eigenvalue weighted by atomic mass is 9.87. The van der Waals surface area contributed by atoms with Crippen LogP contribution in [0.5, 0.6) is 0 Å². The Hall–Kier alpha value is -0.780. The summed E-state index contributed by atoms with van der Waals surface area (Å²) in [6.45, 7) is 3.99. The van der Waals surface area contributed by atoms with E-state index in [1.165, 1.54) is 69.8 Å². The van der Waals surface area contributed by atoms with Crippen molar-refractivity contribution in [1.82, 2.24) is 0 Å². The zero-order valence-corrected chi connectivity index (χ0v) is 12.4. The van der Waals surface area contributed by atoms with Gasteiger partial charge in [-0.05, 0) is 49.5 Å². The maximum atomic E-state index is 3.99. The first-order valence-corrected chi connectivity index (χ1v) is 8.38. The van der Waals surface area contributed by atoms with E-state index in [-0.39, 0.29) is 0 Å². The lowest BCUT2D eigenvalue weighted by Crippen LogP contribution is -2.04. The van der Waals surface area contributed by atoms with Gasteiger partial charge < -0.3 is 0 Å². The summed E-state index contributed by atoms with van der Waals surface area (Å²) >= 11 is 0. The molecule has 0 atom stereocenters. The standard InChI is InChI=1S/C19H30/c1-2-17(16-19-12-7-4-8-13-19)14-9-15-18-10-5-3-6-11-18/h2,9,15-16,18-19H,1,3-8,10-14H2/b15-9-,17-16+. The molecule has 2 rings (SSSR count). The maximum absolute atomic E-state index is 3.99. The molecule has 2 saturated carbocycles. The Kier molecular flexibility index (Phi) is 6.47. The van der Waals surface area contributed by atoms with Crippen LogP contribution >= 0.6 is 0 Å². The molecular weight excluding hydrogens is 228 g/mol. The van der Waals surface area contributed by atoms with Gasteiger partial charge in [0.25, 0.3) is 0 Å². The van der Waals surface area contributed by atoms with Crippen molar-refractivity contribution < 1.29 is 0 Å². The summed E-state index contributed by atoms with van der Waals surface area (Å²) < 4.78 is 0. The van der Waals surface area contributed by atoms with Crippen LogP contribution in [0.3, 0.4) is 0 Å². The van der Waals surface area contributed by atoms with E-state index in [1.54, 1.807) is 0 Å². The highest BCUT2D eigenvalue weighted by atomic mass is 14.2. The second-order valence-electron chi connectivity index (χ2n) is 6.37. The van der Waals surface area contributed by atoms with E-state index in [0.29, 0.717) is 0 Å². The molecule has 0 nitrogen and oxygen atoms in total. The van der Waals surface area contributed by atoms with Crippen molar-refractivity contribution in [2.45, 2.75) is 70.6 Å². The fourth-order valence-electron chi connectivity index (χ4n) is 3.55. The van der Waals surface area contributed by atoms with Gasteiger partial charge >= 0.3 is 0 Å². The van der Waals surface area contributed by atoms with Crippen molar-refractivity contribution in [3.05, 3.63) is 36.5 Å². The van der Waals surface area contributed by atoms with E-state index < -0.39 is 0 Å². The number of hydrogen-bond acceptors (Lipinski definition) is 0. The Morgan fingerprint density at radius 1 is 0.842 bits per heavy atom. The van der Waals surface area contributed by atoms with Crippen LogP contribution in [0.15, 0.2) is 36.5 Å². The lowest BCUT2D eigenvalue weighted by molar-refractivity contribution is 0.417. The van der Waals surface area contributed by atoms with Crippen LogP contribution in [0.1, 0.15) is 70.6 Å². The third-order valence-electron chi connectivity index (χ3n) is 4.77. The summed E-state index contributed by atoms with van der Waals surface area (Å²) in [5.41, 5.74) is 1.44. The molecule has 0 heteroatoms. The monoisotopic (exact) mass is 258 g/mol. The van der Waals surface area contributed by atoms with Crippen LogP contribution in [-0.4, -0.2) is 0 Å². The quantitative estimate of drug-likeness (QED) is 0.406. The molecule has 0 unspecified atom stereocenters. The Morgan fingerprint density at radius 2 is 1.42 bits per heavy atom. The highest BCUT2D eigenvalue weighted by Crippen LogP contribution is 2.27. The van der Waals surface area contributed by atoms with Crippen LogP contribution in [0.4, 0.5) is 0 Å². The first-order chi connectivity index (χ1) is 9.38. The number of allylic oxidation sites excluding steroid dienone is 5. The van der Waals surface area contributed by atoms with Gasteiger partial charge in [-0.3, -0.25) is 0 Å². The summed E-state index contributed by atoms with van der Waals surface area (Å²) in [7, 11) is 0. The topological polar surface area (TPSA) is 0 Å². The smallest absolute Gasteiger partial charge is 0.0101 e. The molecule has 0 saturated heterocycles. The lowest BCUT2D eigenvalue weighted by Gasteiger charge is -2.19. The molecule has 0 bridgehead atoms. The molecule has 0 aromatic carbocycles. The third-order valence-corrected chi connectivity index (χ3v) is 4.77. The minimum Gasteiger partial charge on any atom is -0.0988 e. The average Bonchev–Trinajstić information content (AvgIpc) is 2.48. The predicted molar refractivity (Wildman–Crippen MR) is 85.2 cm³/mol. The van der Waals surface area contributed by atoms with E-state index >= 15 is 0 Å². The van der Waals surface area contributed by atoms with E-state index in [2.05, 4.69) is 30.9 Å². The van der Waals surface area contributed by atoms with Gasteiger partial charge in [-0.2, -0.15) is 0 Å². The molecule has 0 heterocycles. The molecule has 0 amide bonds. The molecule has 0 N–H and O–H groups in total. The molecular formula is C19H30. The van der Waals surface area contributed by atoms with E-state index in [0.717, 1.165) is 18.3 Å². The molecule has 106 valence electrons. The first kappa shape index (κ1) is 14.6. The summed E-state index contributed by atoms with van der Waals surface area (Å²) in [5, 5.41) is 0. The first-order valence-electron chi connectivity index (χ1n) is 8.38. The molecule has 0 spiro atoms. The van der Waals surface area contributed by atoms with Crippen molar-refractivity contribution >= 4 is 0 Å². The summed E-state index contributed by atoms with van der Waals surface area (Å²) in [4.78, 5) is 0. The Labute approximate surface area is 119 Å². The predicted octanol–water partition coefficient (Wildman–Crippen LogP) is 6.21. The van der Waals surface area contributed by atoms with Gasteiger partial charge in [0.05, 0.1) is 0 Å². The second-order valence-corrected chi connectivity index (χ2v) is 6.37. The molecule has 0 aromatic heterocycles. The second kappa shape index (κ2) is 8.40. The van der Waals surface area contributed by atoms with Crippen molar-refractivity contribution in [2.75, 3.05) is 0 Å². The van der Waals surface area contributed by atoms with Gasteiger partial charge in [-0.1, -0.05) is 69.4 Å². The summed E-state index contributed by atoms with van der Waals surface area (Å²) in [6, 6.07) is 0. The molecule has 2 aliphatic carbocycles. The Balaban J connectivity index is 1.79. The molecule has 2 fully saturated rings. The maximum Gasteiger partial charge on any atom is -0.0101 e. The number of hydrogen-bond donors (Lipinski definition) is 0. The fraction of sp³-hybridized carbons (Fsp3) is 0.684. The average molecular weight is 258 g/mol. The summed E-state index contributed by atoms with van der Waals surface area (Å²) in [6.07, 6.45) is 24.7. The van der Waals surface area contributed by atoms with Crippen molar-refractivity contribution in [3.8, 4) is 0 Å². The van der Waals surface area contributed by atoms with Gasteiger partial charge in [0.1, 0.15) is 0 Å². The van der Waals surface area contributed by atoms with Gasteiger partial charge in [0.2, 0.25) is 0 Å². The van der Waals surface area contributed by atoms with Crippen LogP contribution < -0.4 is 0 Å².